The molecule has 0 atom stereocenters. The highest BCUT2D eigenvalue weighted by Crippen LogP contribution is 2.27. The number of aryl methyl sites for hydroxylation is 2. The molecule has 0 aliphatic rings. The molecule has 2 N–H and O–H groups in total. The predicted octanol–water partition coefficient (Wildman–Crippen LogP) is 3.29. The van der Waals surface area contributed by atoms with Gasteiger partial charge in [-0.1, -0.05) is 12.1 Å². The van der Waals surface area contributed by atoms with E-state index in [1.54, 1.807) is 0 Å². The lowest BCUT2D eigenvalue weighted by atomic mass is 10.1. The number of rotatable bonds is 2. The molecule has 0 aliphatic carbocycles. The average molecular weight is 280 g/mol. The standard InChI is InChI=1S/C17H20N4/c1-11-5-8-15-14(9-11)19-17(18)21(15)13-7-6-12(2)16(10-13)20(3)4/h5-10H,1-4H3,(H2,18,19). The van der Waals surface area contributed by atoms with Crippen molar-refractivity contribution in [3.63, 3.8) is 0 Å². The zero-order valence-corrected chi connectivity index (χ0v) is 12.9. The molecule has 1 heterocycles. The van der Waals surface area contributed by atoms with Crippen molar-refractivity contribution in [2.24, 2.45) is 0 Å². The van der Waals surface area contributed by atoms with E-state index in [2.05, 4.69) is 60.1 Å². The molecule has 2 aromatic carbocycles. The quantitative estimate of drug-likeness (QED) is 0.783. The Morgan fingerprint density at radius 2 is 1.81 bits per heavy atom. The third-order valence-electron chi connectivity index (χ3n) is 3.77. The fourth-order valence-electron chi connectivity index (χ4n) is 2.70. The number of hydrogen-bond acceptors (Lipinski definition) is 3. The second-order valence-electron chi connectivity index (χ2n) is 5.66. The number of nitrogens with two attached hydrogens (primary N) is 1. The van der Waals surface area contributed by atoms with Gasteiger partial charge in [-0.2, -0.15) is 0 Å². The minimum absolute atomic E-state index is 0.518. The van der Waals surface area contributed by atoms with E-state index in [0.717, 1.165) is 16.7 Å². The molecule has 0 saturated carbocycles. The molecule has 1 aromatic heterocycles. The molecule has 0 aliphatic heterocycles. The molecule has 3 aromatic rings. The van der Waals surface area contributed by atoms with Crippen molar-refractivity contribution in [2.45, 2.75) is 13.8 Å². The highest BCUT2D eigenvalue weighted by Gasteiger charge is 2.11. The first kappa shape index (κ1) is 13.5. The van der Waals surface area contributed by atoms with Gasteiger partial charge in [0.2, 0.25) is 5.95 Å². The van der Waals surface area contributed by atoms with Gasteiger partial charge in [-0.15, -0.1) is 0 Å². The summed E-state index contributed by atoms with van der Waals surface area (Å²) in [4.78, 5) is 6.58. The first-order valence-electron chi connectivity index (χ1n) is 7.00. The predicted molar refractivity (Wildman–Crippen MR) is 89.3 cm³/mol. The summed E-state index contributed by atoms with van der Waals surface area (Å²) >= 11 is 0. The Hall–Kier alpha value is -2.49. The third-order valence-corrected chi connectivity index (χ3v) is 3.77. The zero-order valence-electron chi connectivity index (χ0n) is 12.9. The highest BCUT2D eigenvalue weighted by molar-refractivity contribution is 5.82. The second kappa shape index (κ2) is 4.81. The molecule has 0 unspecified atom stereocenters. The normalized spacial score (nSPS) is 11.0. The molecule has 108 valence electrons. The Kier molecular flexibility index (Phi) is 3.09. The van der Waals surface area contributed by atoms with Crippen LogP contribution in [0.3, 0.4) is 0 Å². The van der Waals surface area contributed by atoms with Crippen molar-refractivity contribution >= 4 is 22.7 Å². The molecule has 4 heteroatoms. The van der Waals surface area contributed by atoms with E-state index in [0.29, 0.717) is 5.95 Å². The van der Waals surface area contributed by atoms with Gasteiger partial charge in [0, 0.05) is 19.8 Å². The van der Waals surface area contributed by atoms with Gasteiger partial charge < -0.3 is 10.6 Å². The van der Waals surface area contributed by atoms with Crippen molar-refractivity contribution in [3.8, 4) is 5.69 Å². The van der Waals surface area contributed by atoms with Crippen molar-refractivity contribution in [2.75, 3.05) is 24.7 Å². The van der Waals surface area contributed by atoms with Crippen LogP contribution in [0, 0.1) is 13.8 Å². The smallest absolute Gasteiger partial charge is 0.205 e. The van der Waals surface area contributed by atoms with Gasteiger partial charge in [0.25, 0.3) is 0 Å². The summed E-state index contributed by atoms with van der Waals surface area (Å²) in [6, 6.07) is 12.6. The molecule has 0 bridgehead atoms. The van der Waals surface area contributed by atoms with Crippen LogP contribution in [0.1, 0.15) is 11.1 Å². The number of anilines is 2. The van der Waals surface area contributed by atoms with Gasteiger partial charge in [-0.25, -0.2) is 4.98 Å². The minimum Gasteiger partial charge on any atom is -0.377 e. The van der Waals surface area contributed by atoms with Crippen LogP contribution in [0.4, 0.5) is 11.6 Å². The Morgan fingerprint density at radius 1 is 1.05 bits per heavy atom. The van der Waals surface area contributed by atoms with E-state index >= 15 is 0 Å². The Morgan fingerprint density at radius 3 is 2.52 bits per heavy atom. The van der Waals surface area contributed by atoms with Gasteiger partial charge in [0.15, 0.2) is 0 Å². The van der Waals surface area contributed by atoms with Crippen LogP contribution in [-0.4, -0.2) is 23.6 Å². The third kappa shape index (κ3) is 2.23. The van der Waals surface area contributed by atoms with E-state index in [1.165, 1.54) is 16.8 Å². The summed E-state index contributed by atoms with van der Waals surface area (Å²) in [5.41, 5.74) is 12.7. The van der Waals surface area contributed by atoms with Gasteiger partial charge in [0.05, 0.1) is 16.7 Å². The maximum atomic E-state index is 6.14. The fourth-order valence-corrected chi connectivity index (χ4v) is 2.70. The van der Waals surface area contributed by atoms with Gasteiger partial charge >= 0.3 is 0 Å². The molecule has 21 heavy (non-hydrogen) atoms. The van der Waals surface area contributed by atoms with E-state index in [1.807, 2.05) is 18.7 Å². The second-order valence-corrected chi connectivity index (χ2v) is 5.66. The molecule has 4 nitrogen and oxygen atoms in total. The monoisotopic (exact) mass is 280 g/mol. The van der Waals surface area contributed by atoms with Gasteiger partial charge in [-0.3, -0.25) is 4.57 Å². The van der Waals surface area contributed by atoms with Crippen LogP contribution in [0.2, 0.25) is 0 Å². The molecular formula is C17H20N4. The number of imidazole rings is 1. The molecule has 3 rings (SSSR count). The van der Waals surface area contributed by atoms with E-state index in [4.69, 9.17) is 5.73 Å². The molecule has 0 spiro atoms. The lowest BCUT2D eigenvalue weighted by molar-refractivity contribution is 1.08. The Balaban J connectivity index is 2.25. The number of nitrogen functional groups attached to an aromatic ring is 1. The summed E-state index contributed by atoms with van der Waals surface area (Å²) in [6.07, 6.45) is 0. The SMILES string of the molecule is Cc1ccc2c(c1)nc(N)n2-c1ccc(C)c(N(C)C)c1. The maximum absolute atomic E-state index is 6.14. The van der Waals surface area contributed by atoms with Crippen LogP contribution >= 0.6 is 0 Å². The van der Waals surface area contributed by atoms with E-state index in [9.17, 15) is 0 Å². The number of fused-ring (bicyclic) bond motifs is 1. The molecule has 0 fully saturated rings. The van der Waals surface area contributed by atoms with Crippen molar-refractivity contribution < 1.29 is 0 Å². The highest BCUT2D eigenvalue weighted by atomic mass is 15.2. The lowest BCUT2D eigenvalue weighted by Gasteiger charge is -2.17. The van der Waals surface area contributed by atoms with E-state index in [-0.39, 0.29) is 0 Å². The van der Waals surface area contributed by atoms with Crippen molar-refractivity contribution in [1.29, 1.82) is 0 Å². The zero-order chi connectivity index (χ0) is 15.1. The Bertz CT molecular complexity index is 815. The summed E-state index contributed by atoms with van der Waals surface area (Å²) in [5.74, 6) is 0.518. The van der Waals surface area contributed by atoms with Crippen LogP contribution in [0.25, 0.3) is 16.7 Å². The topological polar surface area (TPSA) is 47.1 Å². The summed E-state index contributed by atoms with van der Waals surface area (Å²) in [6.45, 7) is 4.17. The first-order valence-corrected chi connectivity index (χ1v) is 7.00. The summed E-state index contributed by atoms with van der Waals surface area (Å²) < 4.78 is 2.00. The fraction of sp³-hybridized carbons (Fsp3) is 0.235. The van der Waals surface area contributed by atoms with Crippen LogP contribution in [0.5, 0.6) is 0 Å². The van der Waals surface area contributed by atoms with Crippen LogP contribution < -0.4 is 10.6 Å². The number of benzene rings is 2. The largest absolute Gasteiger partial charge is 0.377 e. The lowest BCUT2D eigenvalue weighted by Crippen LogP contribution is -2.11. The molecule has 0 amide bonds. The molecule has 0 saturated heterocycles. The minimum atomic E-state index is 0.518. The van der Waals surface area contributed by atoms with Crippen LogP contribution in [0.15, 0.2) is 36.4 Å². The van der Waals surface area contributed by atoms with E-state index < -0.39 is 0 Å². The average Bonchev–Trinajstić information content (AvgIpc) is 2.74. The van der Waals surface area contributed by atoms with Crippen LogP contribution in [-0.2, 0) is 0 Å². The number of hydrogen-bond donors (Lipinski definition) is 1. The van der Waals surface area contributed by atoms with Crippen molar-refractivity contribution in [1.82, 2.24) is 9.55 Å². The number of nitrogens with zero attached hydrogens (tertiary/aromatic N) is 3. The number of aromatic nitrogens is 2. The van der Waals surface area contributed by atoms with Gasteiger partial charge in [-0.05, 0) is 49.2 Å². The molecule has 0 radical (unpaired) electrons. The summed E-state index contributed by atoms with van der Waals surface area (Å²) in [5, 5.41) is 0. The van der Waals surface area contributed by atoms with Gasteiger partial charge in [0.1, 0.15) is 0 Å². The first-order chi connectivity index (χ1) is 9.97. The summed E-state index contributed by atoms with van der Waals surface area (Å²) in [7, 11) is 4.09. The van der Waals surface area contributed by atoms with Crippen molar-refractivity contribution in [3.05, 3.63) is 47.5 Å². The molecular weight excluding hydrogens is 260 g/mol. The maximum Gasteiger partial charge on any atom is 0.205 e. The Labute approximate surface area is 124 Å².